The zero-order valence-corrected chi connectivity index (χ0v) is 3.98. The van der Waals surface area contributed by atoms with Crippen molar-refractivity contribution in [3.8, 4) is 0 Å². The third-order valence-electron chi connectivity index (χ3n) is 0.359. The molecule has 33 valence electrons. The van der Waals surface area contributed by atoms with Gasteiger partial charge in [0.05, 0.1) is 0 Å². The lowest BCUT2D eigenvalue weighted by molar-refractivity contribution is 0.367. The van der Waals surface area contributed by atoms with E-state index in [0.29, 0.717) is 0 Å². The summed E-state index contributed by atoms with van der Waals surface area (Å²) in [6.45, 7) is 6.08. The summed E-state index contributed by atoms with van der Waals surface area (Å²) in [5.41, 5.74) is 0. The van der Waals surface area contributed by atoms with Crippen LogP contribution in [0, 0.1) is 0 Å². The molecule has 0 aromatic rings. The third kappa shape index (κ3) is 3.76. The predicted octanol–water partition coefficient (Wildman–Crippen LogP) is 0.786. The lowest BCUT2D eigenvalue weighted by atomic mass is 10.0. The highest BCUT2D eigenvalue weighted by Crippen LogP contribution is 1.65. The molecule has 0 aliphatic carbocycles. The Morgan fingerprint density at radius 1 is 2.00 bits per heavy atom. The topological polar surface area (TPSA) is 9.23 Å². The lowest BCUT2D eigenvalue weighted by Crippen LogP contribution is -1.91. The maximum Gasteiger partial charge on any atom is 0.321 e. The highest BCUT2D eigenvalue weighted by atomic mass is 16.4. The molecular weight excluding hydrogens is 74.9 g/mol. The Labute approximate surface area is 39.3 Å². The average Bonchev–Trinajstić information content (AvgIpc) is 1.61. The molecule has 0 unspecified atom stereocenters. The highest BCUT2D eigenvalue weighted by Gasteiger charge is 1.74. The van der Waals surface area contributed by atoms with E-state index in [1.54, 1.807) is 13.5 Å². The molecule has 0 bridgehead atoms. The summed E-state index contributed by atoms with van der Waals surface area (Å²) in [4.78, 5) is 0. The minimum Gasteiger partial charge on any atom is -0.435 e. The van der Waals surface area contributed by atoms with Gasteiger partial charge in [0, 0.05) is 6.61 Å². The van der Waals surface area contributed by atoms with Crippen LogP contribution in [0.4, 0.5) is 0 Å². The molecule has 0 fully saturated rings. The second kappa shape index (κ2) is 4.76. The van der Waals surface area contributed by atoms with Gasteiger partial charge in [-0.25, -0.2) is 0 Å². The minimum atomic E-state index is 0.728. The predicted molar refractivity (Wildman–Crippen MR) is 27.6 cm³/mol. The Bertz CT molecular complexity index is 36.5. The van der Waals surface area contributed by atoms with Gasteiger partial charge >= 0.3 is 7.48 Å². The van der Waals surface area contributed by atoms with E-state index in [0.717, 1.165) is 6.61 Å². The highest BCUT2D eigenvalue weighted by molar-refractivity contribution is 6.33. The van der Waals surface area contributed by atoms with Gasteiger partial charge in [-0.15, -0.1) is 6.58 Å². The van der Waals surface area contributed by atoms with Crippen LogP contribution < -0.4 is 0 Å². The maximum absolute atomic E-state index is 4.74. The second-order valence-corrected chi connectivity index (χ2v) is 0.827. The van der Waals surface area contributed by atoms with E-state index in [1.165, 1.54) is 0 Å². The van der Waals surface area contributed by atoms with Crippen LogP contribution in [-0.4, -0.2) is 14.1 Å². The molecule has 0 aromatic heterocycles. The molecule has 0 aliphatic heterocycles. The molecule has 0 aliphatic rings. The van der Waals surface area contributed by atoms with E-state index in [4.69, 9.17) is 4.65 Å². The van der Waals surface area contributed by atoms with Gasteiger partial charge in [-0.3, -0.25) is 0 Å². The molecule has 6 heavy (non-hydrogen) atoms. The average molecular weight is 82.9 g/mol. The van der Waals surface area contributed by atoms with Gasteiger partial charge in [0.1, 0.15) is 0 Å². The molecule has 0 saturated heterocycles. The maximum atomic E-state index is 4.74. The van der Waals surface area contributed by atoms with Crippen LogP contribution in [-0.2, 0) is 4.65 Å². The summed E-state index contributed by atoms with van der Waals surface area (Å²) in [6, 6.07) is 0. The second-order valence-electron chi connectivity index (χ2n) is 0.827. The largest absolute Gasteiger partial charge is 0.435 e. The van der Waals surface area contributed by atoms with Crippen molar-refractivity contribution in [3.63, 3.8) is 0 Å². The van der Waals surface area contributed by atoms with Gasteiger partial charge in [-0.2, -0.15) is 0 Å². The lowest BCUT2D eigenvalue weighted by Gasteiger charge is -1.85. The van der Waals surface area contributed by atoms with Crippen LogP contribution in [0.5, 0.6) is 0 Å². The first-order valence-corrected chi connectivity index (χ1v) is 1.97. The van der Waals surface area contributed by atoms with E-state index in [1.807, 2.05) is 6.92 Å². The molecular formula is C4H8BO. The fraction of sp³-hybridized carbons (Fsp3) is 0.500. The summed E-state index contributed by atoms with van der Waals surface area (Å²) in [7, 11) is 1.57. The van der Waals surface area contributed by atoms with Crippen molar-refractivity contribution in [1.29, 1.82) is 0 Å². The van der Waals surface area contributed by atoms with Crippen molar-refractivity contribution in [2.24, 2.45) is 0 Å². The fourth-order valence-corrected chi connectivity index (χ4v) is 0.164. The van der Waals surface area contributed by atoms with Crippen LogP contribution in [0.25, 0.3) is 0 Å². The van der Waals surface area contributed by atoms with Crippen LogP contribution >= 0.6 is 0 Å². The summed E-state index contributed by atoms with van der Waals surface area (Å²) >= 11 is 0. The van der Waals surface area contributed by atoms with Gasteiger partial charge in [-0.05, 0) is 6.92 Å². The Morgan fingerprint density at radius 2 is 2.67 bits per heavy atom. The first-order chi connectivity index (χ1) is 2.91. The molecule has 0 rings (SSSR count). The molecule has 0 spiro atoms. The summed E-state index contributed by atoms with van der Waals surface area (Å²) < 4.78 is 4.74. The zero-order valence-electron chi connectivity index (χ0n) is 3.98. The van der Waals surface area contributed by atoms with Crippen molar-refractivity contribution in [1.82, 2.24) is 0 Å². The van der Waals surface area contributed by atoms with Gasteiger partial charge in [0.2, 0.25) is 0 Å². The Balaban J connectivity index is 2.49. The smallest absolute Gasteiger partial charge is 0.321 e. The van der Waals surface area contributed by atoms with Crippen molar-refractivity contribution in [3.05, 3.63) is 12.6 Å². The third-order valence-corrected chi connectivity index (χ3v) is 0.359. The van der Waals surface area contributed by atoms with Crippen LogP contribution in [0.1, 0.15) is 6.92 Å². The minimum absolute atomic E-state index is 0.728. The molecule has 1 radical (unpaired) electrons. The number of rotatable bonds is 3. The number of hydrogen-bond donors (Lipinski definition) is 0. The molecule has 2 heteroatoms. The van der Waals surface area contributed by atoms with Gasteiger partial charge < -0.3 is 4.65 Å². The zero-order chi connectivity index (χ0) is 4.83. The Kier molecular flexibility index (Phi) is 4.58. The summed E-state index contributed by atoms with van der Waals surface area (Å²) in [5, 5.41) is 0. The molecule has 0 N–H and O–H groups in total. The number of hydrogen-bond acceptors (Lipinski definition) is 1. The van der Waals surface area contributed by atoms with E-state index in [-0.39, 0.29) is 0 Å². The Hall–Kier alpha value is -0.235. The van der Waals surface area contributed by atoms with Crippen molar-refractivity contribution >= 4 is 7.48 Å². The molecule has 0 heterocycles. The fourth-order valence-electron chi connectivity index (χ4n) is 0.164. The van der Waals surface area contributed by atoms with E-state index >= 15 is 0 Å². The van der Waals surface area contributed by atoms with Crippen molar-refractivity contribution in [2.45, 2.75) is 6.92 Å². The van der Waals surface area contributed by atoms with Crippen LogP contribution in [0.2, 0.25) is 0 Å². The first-order valence-electron chi connectivity index (χ1n) is 1.97. The van der Waals surface area contributed by atoms with Crippen LogP contribution in [0.15, 0.2) is 12.6 Å². The van der Waals surface area contributed by atoms with Crippen molar-refractivity contribution < 1.29 is 4.65 Å². The normalized spacial score (nSPS) is 7.50. The molecule has 0 atom stereocenters. The standard InChI is InChI=1S/C4H8BO/c1-3-5-6-4-2/h3H,1,4H2,2H3. The first kappa shape index (κ1) is 5.76. The van der Waals surface area contributed by atoms with Gasteiger partial charge in [-0.1, -0.05) is 5.98 Å². The quantitative estimate of drug-likeness (QED) is 0.362. The summed E-state index contributed by atoms with van der Waals surface area (Å²) in [5.74, 6) is 1.61. The SMILES string of the molecule is C=C[B]OCC. The van der Waals surface area contributed by atoms with Crippen molar-refractivity contribution in [2.75, 3.05) is 6.61 Å². The molecule has 1 nitrogen and oxygen atoms in total. The van der Waals surface area contributed by atoms with E-state index in [9.17, 15) is 0 Å². The molecule has 0 amide bonds. The van der Waals surface area contributed by atoms with E-state index < -0.39 is 0 Å². The monoisotopic (exact) mass is 83.1 g/mol. The van der Waals surface area contributed by atoms with Gasteiger partial charge in [0.15, 0.2) is 0 Å². The molecule has 0 saturated carbocycles. The van der Waals surface area contributed by atoms with Crippen LogP contribution in [0.3, 0.4) is 0 Å². The Morgan fingerprint density at radius 3 is 2.83 bits per heavy atom. The van der Waals surface area contributed by atoms with E-state index in [2.05, 4.69) is 6.58 Å². The summed E-state index contributed by atoms with van der Waals surface area (Å²) in [6.07, 6.45) is 0. The molecule has 0 aromatic carbocycles. The van der Waals surface area contributed by atoms with Gasteiger partial charge in [0.25, 0.3) is 0 Å².